The van der Waals surface area contributed by atoms with Crippen LogP contribution in [0.4, 0.5) is 11.4 Å². The van der Waals surface area contributed by atoms with Crippen molar-refractivity contribution in [1.82, 2.24) is 0 Å². The molecule has 0 unspecified atom stereocenters. The number of hydrogen-bond donors (Lipinski definition) is 2. The molecule has 0 saturated carbocycles. The van der Waals surface area contributed by atoms with Gasteiger partial charge in [0, 0.05) is 0 Å². The van der Waals surface area contributed by atoms with E-state index in [0.717, 1.165) is 11.1 Å². The monoisotopic (exact) mass is 290 g/mol. The van der Waals surface area contributed by atoms with Gasteiger partial charge in [0.15, 0.2) is 0 Å². The molecule has 0 fully saturated rings. The Balaban J connectivity index is 1.96. The number of benzene rings is 3. The Bertz CT molecular complexity index is 814. The summed E-state index contributed by atoms with van der Waals surface area (Å²) in [7, 11) is 0. The third kappa shape index (κ3) is 2.96. The molecule has 0 heterocycles. The van der Waals surface area contributed by atoms with Gasteiger partial charge in [-0.2, -0.15) is 0 Å². The van der Waals surface area contributed by atoms with Crippen molar-refractivity contribution in [3.8, 4) is 22.6 Å². The Morgan fingerprint density at radius 2 is 1.18 bits per heavy atom. The second-order valence-corrected chi connectivity index (χ2v) is 4.76. The van der Waals surface area contributed by atoms with Crippen molar-refractivity contribution >= 4 is 11.4 Å². The van der Waals surface area contributed by atoms with Gasteiger partial charge in [-0.15, -0.1) is 10.2 Å². The van der Waals surface area contributed by atoms with Gasteiger partial charge in [-0.3, -0.25) is 0 Å². The van der Waals surface area contributed by atoms with E-state index in [4.69, 9.17) is 0 Å². The first-order valence-corrected chi connectivity index (χ1v) is 6.82. The lowest BCUT2D eigenvalue weighted by atomic mass is 10.1. The van der Waals surface area contributed by atoms with E-state index in [0.29, 0.717) is 11.4 Å². The van der Waals surface area contributed by atoms with E-state index in [9.17, 15) is 10.2 Å². The Kier molecular flexibility index (Phi) is 3.83. The third-order valence-electron chi connectivity index (χ3n) is 3.23. The average Bonchev–Trinajstić information content (AvgIpc) is 2.56. The van der Waals surface area contributed by atoms with E-state index in [1.165, 1.54) is 6.07 Å². The van der Waals surface area contributed by atoms with Crippen molar-refractivity contribution in [2.24, 2.45) is 10.2 Å². The molecule has 3 aromatic rings. The van der Waals surface area contributed by atoms with Crippen molar-refractivity contribution in [1.29, 1.82) is 0 Å². The summed E-state index contributed by atoms with van der Waals surface area (Å²) in [5.74, 6) is 0.0869. The minimum absolute atomic E-state index is 0.0406. The number of rotatable bonds is 3. The van der Waals surface area contributed by atoms with E-state index in [1.54, 1.807) is 30.3 Å². The Morgan fingerprint density at radius 3 is 1.95 bits per heavy atom. The number of azo groups is 1. The highest BCUT2D eigenvalue weighted by atomic mass is 16.3. The van der Waals surface area contributed by atoms with Crippen LogP contribution in [0.1, 0.15) is 0 Å². The Morgan fingerprint density at radius 1 is 0.545 bits per heavy atom. The lowest BCUT2D eigenvalue weighted by Crippen LogP contribution is -1.77. The van der Waals surface area contributed by atoms with E-state index in [-0.39, 0.29) is 11.5 Å². The molecule has 0 radical (unpaired) electrons. The lowest BCUT2D eigenvalue weighted by Gasteiger charge is -2.04. The fourth-order valence-corrected chi connectivity index (χ4v) is 2.07. The SMILES string of the molecule is Oc1ccccc1N=Nc1cc(-c2ccccc2)ccc1O. The molecule has 4 nitrogen and oxygen atoms in total. The van der Waals surface area contributed by atoms with Crippen molar-refractivity contribution in [2.45, 2.75) is 0 Å². The highest BCUT2D eigenvalue weighted by Crippen LogP contribution is 2.34. The van der Waals surface area contributed by atoms with Gasteiger partial charge < -0.3 is 10.2 Å². The van der Waals surface area contributed by atoms with Crippen LogP contribution in [-0.2, 0) is 0 Å². The summed E-state index contributed by atoms with van der Waals surface area (Å²) in [5, 5.41) is 27.6. The van der Waals surface area contributed by atoms with Crippen molar-refractivity contribution in [3.63, 3.8) is 0 Å². The smallest absolute Gasteiger partial charge is 0.143 e. The predicted molar refractivity (Wildman–Crippen MR) is 85.8 cm³/mol. The fourth-order valence-electron chi connectivity index (χ4n) is 2.07. The van der Waals surface area contributed by atoms with Gasteiger partial charge in [0.05, 0.1) is 0 Å². The fraction of sp³-hybridized carbons (Fsp3) is 0. The first-order valence-electron chi connectivity index (χ1n) is 6.82. The van der Waals surface area contributed by atoms with Gasteiger partial charge in [-0.25, -0.2) is 0 Å². The van der Waals surface area contributed by atoms with Gasteiger partial charge in [0.25, 0.3) is 0 Å². The van der Waals surface area contributed by atoms with Gasteiger partial charge in [-0.05, 0) is 35.4 Å². The number of para-hydroxylation sites is 1. The molecule has 0 aromatic heterocycles. The molecule has 108 valence electrons. The van der Waals surface area contributed by atoms with Crippen LogP contribution in [0.15, 0.2) is 83.0 Å². The zero-order chi connectivity index (χ0) is 15.4. The maximum atomic E-state index is 9.91. The Hall–Kier alpha value is -3.14. The highest BCUT2D eigenvalue weighted by Gasteiger charge is 2.04. The minimum atomic E-state index is 0.0406. The molecule has 0 aliphatic carbocycles. The number of nitrogens with zero attached hydrogens (tertiary/aromatic N) is 2. The summed E-state index contributed by atoms with van der Waals surface area (Å²) in [5.41, 5.74) is 2.67. The average molecular weight is 290 g/mol. The lowest BCUT2D eigenvalue weighted by molar-refractivity contribution is 0.474. The van der Waals surface area contributed by atoms with Gasteiger partial charge >= 0.3 is 0 Å². The molecule has 4 heteroatoms. The largest absolute Gasteiger partial charge is 0.506 e. The summed E-state index contributed by atoms with van der Waals surface area (Å²) in [4.78, 5) is 0. The van der Waals surface area contributed by atoms with E-state index < -0.39 is 0 Å². The van der Waals surface area contributed by atoms with Crippen LogP contribution in [0, 0.1) is 0 Å². The van der Waals surface area contributed by atoms with Crippen LogP contribution < -0.4 is 0 Å². The van der Waals surface area contributed by atoms with Crippen LogP contribution in [0.5, 0.6) is 11.5 Å². The standard InChI is InChI=1S/C18H14N2O2/c21-17-9-5-4-8-15(17)19-20-16-12-14(10-11-18(16)22)13-6-2-1-3-7-13/h1-12,21-22H. The molecule has 3 rings (SSSR count). The number of phenolic OH excluding ortho intramolecular Hbond substituents is 2. The molecule has 0 atom stereocenters. The molecular formula is C18H14N2O2. The molecule has 0 saturated heterocycles. The zero-order valence-electron chi connectivity index (χ0n) is 11.7. The molecule has 2 N–H and O–H groups in total. The van der Waals surface area contributed by atoms with Crippen LogP contribution in [0.2, 0.25) is 0 Å². The topological polar surface area (TPSA) is 65.2 Å². The first kappa shape index (κ1) is 13.8. The van der Waals surface area contributed by atoms with Gasteiger partial charge in [0.2, 0.25) is 0 Å². The number of hydrogen-bond acceptors (Lipinski definition) is 4. The molecular weight excluding hydrogens is 276 g/mol. The highest BCUT2D eigenvalue weighted by molar-refractivity contribution is 5.70. The van der Waals surface area contributed by atoms with E-state index in [1.807, 2.05) is 36.4 Å². The predicted octanol–water partition coefficient (Wildman–Crippen LogP) is 5.18. The number of phenols is 2. The second-order valence-electron chi connectivity index (χ2n) is 4.76. The van der Waals surface area contributed by atoms with Gasteiger partial charge in [-0.1, -0.05) is 48.5 Å². The molecule has 22 heavy (non-hydrogen) atoms. The van der Waals surface area contributed by atoms with Crippen molar-refractivity contribution in [2.75, 3.05) is 0 Å². The summed E-state index contributed by atoms with van der Waals surface area (Å²) in [6, 6.07) is 21.6. The van der Waals surface area contributed by atoms with Crippen LogP contribution in [-0.4, -0.2) is 10.2 Å². The Labute approximate surface area is 128 Å². The van der Waals surface area contributed by atoms with E-state index in [2.05, 4.69) is 10.2 Å². The molecule has 0 amide bonds. The summed E-state index contributed by atoms with van der Waals surface area (Å²) in [6.07, 6.45) is 0. The van der Waals surface area contributed by atoms with Crippen LogP contribution >= 0.6 is 0 Å². The summed E-state index contributed by atoms with van der Waals surface area (Å²) in [6.45, 7) is 0. The summed E-state index contributed by atoms with van der Waals surface area (Å²) < 4.78 is 0. The second kappa shape index (κ2) is 6.10. The molecule has 0 bridgehead atoms. The quantitative estimate of drug-likeness (QED) is 0.653. The molecule has 0 aliphatic rings. The molecule has 0 aliphatic heterocycles. The number of aromatic hydroxyl groups is 2. The first-order chi connectivity index (χ1) is 10.7. The van der Waals surface area contributed by atoms with Crippen molar-refractivity contribution < 1.29 is 10.2 Å². The minimum Gasteiger partial charge on any atom is -0.506 e. The van der Waals surface area contributed by atoms with Crippen LogP contribution in [0.3, 0.4) is 0 Å². The van der Waals surface area contributed by atoms with Crippen LogP contribution in [0.25, 0.3) is 11.1 Å². The third-order valence-corrected chi connectivity index (χ3v) is 3.23. The van der Waals surface area contributed by atoms with Gasteiger partial charge in [0.1, 0.15) is 22.9 Å². The maximum absolute atomic E-state index is 9.91. The zero-order valence-corrected chi connectivity index (χ0v) is 11.7. The van der Waals surface area contributed by atoms with E-state index >= 15 is 0 Å². The maximum Gasteiger partial charge on any atom is 0.143 e. The molecule has 3 aromatic carbocycles. The normalized spacial score (nSPS) is 10.9. The van der Waals surface area contributed by atoms with Crippen molar-refractivity contribution in [3.05, 3.63) is 72.8 Å². The summed E-state index contributed by atoms with van der Waals surface area (Å²) >= 11 is 0. The molecule has 0 spiro atoms.